The van der Waals surface area contributed by atoms with E-state index in [9.17, 15) is 4.79 Å². The molecule has 0 aliphatic carbocycles. The summed E-state index contributed by atoms with van der Waals surface area (Å²) in [5, 5.41) is 10.2. The fourth-order valence-corrected chi connectivity index (χ4v) is 4.03. The monoisotopic (exact) mass is 450 g/mol. The van der Waals surface area contributed by atoms with Crippen molar-refractivity contribution < 1.29 is 9.32 Å². The number of halogens is 2. The molecule has 0 fully saturated rings. The highest BCUT2D eigenvalue weighted by Gasteiger charge is 2.11. The van der Waals surface area contributed by atoms with E-state index in [0.717, 1.165) is 16.2 Å². The summed E-state index contributed by atoms with van der Waals surface area (Å²) in [6, 6.07) is 11.7. The Kier molecular flexibility index (Phi) is 6.12. The van der Waals surface area contributed by atoms with Gasteiger partial charge in [-0.2, -0.15) is 0 Å². The Labute approximate surface area is 179 Å². The largest absolute Gasteiger partial charge is 0.337 e. The van der Waals surface area contributed by atoms with E-state index in [4.69, 9.17) is 27.7 Å². The van der Waals surface area contributed by atoms with Crippen LogP contribution < -0.4 is 15.4 Å². The van der Waals surface area contributed by atoms with Gasteiger partial charge in [0.25, 0.3) is 0 Å². The maximum absolute atomic E-state index is 12.2. The minimum atomic E-state index is -1.86. The van der Waals surface area contributed by atoms with Crippen molar-refractivity contribution >= 4 is 67.6 Å². The number of aryl methyl sites for hydroxylation is 1. The molecular formula is C20H20Cl2N4O2S. The number of carbonyl (C=O) groups is 1. The molecule has 2 amide bonds. The Morgan fingerprint density at radius 3 is 2.21 bits per heavy atom. The maximum atomic E-state index is 12.2. The highest BCUT2D eigenvalue weighted by molar-refractivity contribution is 8.28. The number of nitrogens with zero attached hydrogens (tertiary/aromatic N) is 1. The summed E-state index contributed by atoms with van der Waals surface area (Å²) >= 11 is 11.8. The number of hydrogen-bond acceptors (Lipinski definition) is 4. The van der Waals surface area contributed by atoms with E-state index in [2.05, 4.69) is 32.3 Å². The third-order valence-electron chi connectivity index (χ3n) is 4.19. The lowest BCUT2D eigenvalue weighted by Crippen LogP contribution is -2.19. The topological polar surface area (TPSA) is 79.2 Å². The van der Waals surface area contributed by atoms with Gasteiger partial charge in [-0.1, -0.05) is 40.1 Å². The zero-order chi connectivity index (χ0) is 21.2. The molecule has 29 heavy (non-hydrogen) atoms. The van der Waals surface area contributed by atoms with Crippen LogP contribution in [-0.4, -0.2) is 22.9 Å². The van der Waals surface area contributed by atoms with Crippen LogP contribution in [0.5, 0.6) is 0 Å². The average Bonchev–Trinajstić information content (AvgIpc) is 2.97. The number of hydrogen-bond donors (Lipinski definition) is 3. The molecule has 0 saturated heterocycles. The number of amides is 2. The van der Waals surface area contributed by atoms with Crippen LogP contribution in [0, 0.1) is 13.8 Å². The number of benzene rings is 2. The molecule has 3 aromatic rings. The fourth-order valence-electron chi connectivity index (χ4n) is 2.41. The van der Waals surface area contributed by atoms with Crippen LogP contribution in [0.4, 0.5) is 22.1 Å². The molecule has 1 heterocycles. The molecule has 1 aromatic heterocycles. The van der Waals surface area contributed by atoms with E-state index in [-0.39, 0.29) is 0 Å². The third kappa shape index (κ3) is 5.06. The lowest BCUT2D eigenvalue weighted by atomic mass is 10.3. The summed E-state index contributed by atoms with van der Waals surface area (Å²) in [5.41, 5.74) is 2.89. The van der Waals surface area contributed by atoms with Crippen molar-refractivity contribution in [3.05, 3.63) is 63.8 Å². The molecule has 0 radical (unpaired) electrons. The molecule has 0 unspecified atom stereocenters. The minimum Gasteiger partial charge on any atom is -0.337 e. The molecule has 9 heteroatoms. The summed E-state index contributed by atoms with van der Waals surface area (Å²) in [6.07, 6.45) is 0. The summed E-state index contributed by atoms with van der Waals surface area (Å²) in [5.74, 6) is 8.96. The number of carbonyl (C=O) groups excluding carboxylic acids is 1. The highest BCUT2D eigenvalue weighted by Crippen LogP contribution is 2.35. The molecule has 0 saturated carbocycles. The lowest BCUT2D eigenvalue weighted by molar-refractivity contribution is 0.262. The normalized spacial score (nSPS) is 11.2. The van der Waals surface area contributed by atoms with Gasteiger partial charge in [0.15, 0.2) is 0 Å². The molecule has 0 aliphatic rings. The van der Waals surface area contributed by atoms with E-state index in [1.165, 1.54) is 0 Å². The van der Waals surface area contributed by atoms with Crippen LogP contribution >= 0.6 is 32.6 Å². The van der Waals surface area contributed by atoms with Gasteiger partial charge < -0.3 is 19.9 Å². The van der Waals surface area contributed by atoms with Crippen LogP contribution in [0.15, 0.2) is 51.9 Å². The van der Waals surface area contributed by atoms with E-state index in [1.54, 1.807) is 30.3 Å². The average molecular weight is 451 g/mol. The second-order valence-electron chi connectivity index (χ2n) is 6.44. The van der Waals surface area contributed by atoms with Gasteiger partial charge in [-0.15, -0.1) is 9.39 Å². The summed E-state index contributed by atoms with van der Waals surface area (Å²) in [4.78, 5) is 13.1. The van der Waals surface area contributed by atoms with Gasteiger partial charge in [0, 0.05) is 21.8 Å². The first-order valence-electron chi connectivity index (χ1n) is 8.49. The molecule has 0 spiro atoms. The molecule has 3 N–H and O–H groups in total. The van der Waals surface area contributed by atoms with Gasteiger partial charge in [0.2, 0.25) is 5.88 Å². The van der Waals surface area contributed by atoms with Crippen LogP contribution in [0.2, 0.25) is 10.0 Å². The Hall–Kier alpha value is -2.61. The molecule has 0 atom stereocenters. The van der Waals surface area contributed by atoms with Crippen molar-refractivity contribution in [3.63, 3.8) is 0 Å². The van der Waals surface area contributed by atoms with E-state index < -0.39 is 15.4 Å². The summed E-state index contributed by atoms with van der Waals surface area (Å²) in [7, 11) is -1.86. The Morgan fingerprint density at radius 1 is 1.00 bits per heavy atom. The Balaban J connectivity index is 1.66. The van der Waals surface area contributed by atoms with E-state index in [0.29, 0.717) is 27.3 Å². The van der Waals surface area contributed by atoms with Gasteiger partial charge in [-0.3, -0.25) is 0 Å². The van der Waals surface area contributed by atoms with Crippen molar-refractivity contribution in [2.75, 3.05) is 15.4 Å². The molecule has 0 aliphatic heterocycles. The molecule has 0 bridgehead atoms. The Morgan fingerprint density at radius 2 is 1.62 bits per heavy atom. The minimum absolute atomic E-state index is 0.365. The number of nitrogens with one attached hydrogen (secondary N) is 3. The molecule has 152 valence electrons. The zero-order valence-electron chi connectivity index (χ0n) is 15.9. The van der Waals surface area contributed by atoms with Gasteiger partial charge >= 0.3 is 6.03 Å². The van der Waals surface area contributed by atoms with Crippen molar-refractivity contribution in [1.82, 2.24) is 5.16 Å². The predicted molar refractivity (Wildman–Crippen MR) is 125 cm³/mol. The first-order chi connectivity index (χ1) is 13.7. The standard InChI is InChI=1S/C20H20Cl2N4O2S/c1-12-13(2)25-28-19(12)26-29(3,4)16-8-5-14(6-9-16)23-20(27)24-15-7-10-17(21)18(22)11-15/h5-11,26H,3-4H2,1-2H3,(H2,23,24,27). The molecular weight excluding hydrogens is 431 g/mol. The van der Waals surface area contributed by atoms with Crippen LogP contribution in [-0.2, 0) is 0 Å². The first-order valence-corrected chi connectivity index (χ1v) is 11.2. The molecule has 3 rings (SSSR count). The maximum Gasteiger partial charge on any atom is 0.323 e. The molecule has 6 nitrogen and oxygen atoms in total. The third-order valence-corrected chi connectivity index (χ3v) is 6.68. The highest BCUT2D eigenvalue weighted by atomic mass is 35.5. The van der Waals surface area contributed by atoms with Crippen LogP contribution in [0.25, 0.3) is 0 Å². The van der Waals surface area contributed by atoms with Crippen molar-refractivity contribution in [3.8, 4) is 0 Å². The Bertz CT molecular complexity index is 1160. The van der Waals surface area contributed by atoms with E-state index in [1.807, 2.05) is 26.0 Å². The first kappa shape index (κ1) is 21.1. The summed E-state index contributed by atoms with van der Waals surface area (Å²) < 4.78 is 8.53. The second-order valence-corrected chi connectivity index (χ2v) is 9.70. The SMILES string of the molecule is C=S(=C)(Nc1onc(C)c1C)c1ccc(NC(=O)Nc2ccc(Cl)c(Cl)c2)cc1. The summed E-state index contributed by atoms with van der Waals surface area (Å²) in [6.45, 7) is 3.79. The number of aromatic nitrogens is 1. The van der Waals surface area contributed by atoms with Crippen LogP contribution in [0.1, 0.15) is 11.3 Å². The van der Waals surface area contributed by atoms with Gasteiger partial charge in [0.1, 0.15) is 0 Å². The quantitative estimate of drug-likeness (QED) is 0.398. The molecule has 2 aromatic carbocycles. The second kappa shape index (κ2) is 8.41. The smallest absolute Gasteiger partial charge is 0.323 e. The zero-order valence-corrected chi connectivity index (χ0v) is 18.2. The van der Waals surface area contributed by atoms with Gasteiger partial charge in [-0.05, 0) is 56.3 Å². The van der Waals surface area contributed by atoms with Crippen molar-refractivity contribution in [2.24, 2.45) is 0 Å². The van der Waals surface area contributed by atoms with Crippen molar-refractivity contribution in [2.45, 2.75) is 18.7 Å². The predicted octanol–water partition coefficient (Wildman–Crippen LogP) is 6.30. The fraction of sp³-hybridized carbons (Fsp3) is 0.100. The number of rotatable bonds is 5. The van der Waals surface area contributed by atoms with E-state index >= 15 is 0 Å². The van der Waals surface area contributed by atoms with Crippen LogP contribution in [0.3, 0.4) is 0 Å². The van der Waals surface area contributed by atoms with Gasteiger partial charge in [-0.25, -0.2) is 4.79 Å². The van der Waals surface area contributed by atoms with Crippen molar-refractivity contribution in [1.29, 1.82) is 0 Å². The lowest BCUT2D eigenvalue weighted by Gasteiger charge is -2.17. The van der Waals surface area contributed by atoms with Gasteiger partial charge in [0.05, 0.1) is 15.7 Å². The number of anilines is 3. The number of urea groups is 1.